The van der Waals surface area contributed by atoms with E-state index in [0.717, 1.165) is 35.2 Å². The fourth-order valence-electron chi connectivity index (χ4n) is 2.24. The third kappa shape index (κ3) is 6.13. The lowest BCUT2D eigenvalue weighted by atomic mass is 9.96. The highest BCUT2D eigenvalue weighted by molar-refractivity contribution is 5.80. The summed E-state index contributed by atoms with van der Waals surface area (Å²) >= 11 is 0. The van der Waals surface area contributed by atoms with Crippen molar-refractivity contribution in [3.63, 3.8) is 0 Å². The summed E-state index contributed by atoms with van der Waals surface area (Å²) in [6.07, 6.45) is 3.39. The van der Waals surface area contributed by atoms with Gasteiger partial charge in [-0.25, -0.2) is 0 Å². The summed E-state index contributed by atoms with van der Waals surface area (Å²) < 4.78 is 0. The Labute approximate surface area is 134 Å². The molecule has 1 aromatic carbocycles. The lowest BCUT2D eigenvalue weighted by Crippen LogP contribution is -2.04. The van der Waals surface area contributed by atoms with E-state index in [2.05, 4.69) is 30.3 Å². The summed E-state index contributed by atoms with van der Waals surface area (Å²) in [5.74, 6) is 0.626. The molecule has 0 fully saturated rings. The van der Waals surface area contributed by atoms with Gasteiger partial charge in [0.2, 0.25) is 0 Å². The van der Waals surface area contributed by atoms with E-state index in [1.807, 2.05) is 46.0 Å². The van der Waals surface area contributed by atoms with E-state index in [1.165, 1.54) is 5.56 Å². The molecular weight excluding hydrogens is 270 g/mol. The van der Waals surface area contributed by atoms with Crippen LogP contribution in [0, 0.1) is 5.92 Å². The summed E-state index contributed by atoms with van der Waals surface area (Å²) in [6.45, 7) is 15.6. The Morgan fingerprint density at radius 1 is 1.18 bits per heavy atom. The van der Waals surface area contributed by atoms with Crippen molar-refractivity contribution in [1.82, 2.24) is 0 Å². The van der Waals surface area contributed by atoms with Crippen LogP contribution in [0.5, 0.6) is 0 Å². The van der Waals surface area contributed by atoms with E-state index in [0.29, 0.717) is 5.76 Å². The molecule has 118 valence electrons. The van der Waals surface area contributed by atoms with Crippen LogP contribution in [-0.4, -0.2) is 11.3 Å². The molecule has 0 aromatic heterocycles. The first-order valence-corrected chi connectivity index (χ1v) is 7.61. The van der Waals surface area contributed by atoms with Crippen LogP contribution in [0.2, 0.25) is 0 Å². The minimum atomic E-state index is 0.139. The SMILES string of the molecule is C=C(C)CC(=C)N=Cc1ccc(CC(C)C(O)=C(C)C)cc1. The quantitative estimate of drug-likeness (QED) is 0.395. The van der Waals surface area contributed by atoms with Crippen molar-refractivity contribution >= 4 is 6.21 Å². The van der Waals surface area contributed by atoms with Gasteiger partial charge in [-0.05, 0) is 43.9 Å². The van der Waals surface area contributed by atoms with Gasteiger partial charge in [0.05, 0.1) is 5.76 Å². The van der Waals surface area contributed by atoms with Crippen molar-refractivity contribution in [2.45, 2.75) is 40.5 Å². The van der Waals surface area contributed by atoms with Crippen molar-refractivity contribution < 1.29 is 5.11 Å². The number of hydrogen-bond acceptors (Lipinski definition) is 2. The monoisotopic (exact) mass is 297 g/mol. The number of allylic oxidation sites excluding steroid dienone is 3. The van der Waals surface area contributed by atoms with Crippen molar-refractivity contribution in [2.24, 2.45) is 10.9 Å². The molecule has 2 nitrogen and oxygen atoms in total. The third-order valence-corrected chi connectivity index (χ3v) is 3.40. The number of aliphatic imine (C=N–C) groups is 1. The van der Waals surface area contributed by atoms with Crippen LogP contribution < -0.4 is 0 Å². The maximum atomic E-state index is 9.97. The molecule has 0 heterocycles. The van der Waals surface area contributed by atoms with Gasteiger partial charge in [-0.15, -0.1) is 0 Å². The van der Waals surface area contributed by atoms with Crippen molar-refractivity contribution in [3.8, 4) is 0 Å². The fourth-order valence-corrected chi connectivity index (χ4v) is 2.24. The molecule has 1 atom stereocenters. The second kappa shape index (κ2) is 8.38. The predicted octanol–water partition coefficient (Wildman–Crippen LogP) is 5.62. The van der Waals surface area contributed by atoms with Crippen LogP contribution in [0.15, 0.2) is 65.0 Å². The fraction of sp³-hybridized carbons (Fsp3) is 0.350. The first-order valence-electron chi connectivity index (χ1n) is 7.61. The number of hydrogen-bond donors (Lipinski definition) is 1. The van der Waals surface area contributed by atoms with Crippen LogP contribution >= 0.6 is 0 Å². The first kappa shape index (κ1) is 18.0. The highest BCUT2D eigenvalue weighted by Gasteiger charge is 2.09. The lowest BCUT2D eigenvalue weighted by Gasteiger charge is -2.12. The second-order valence-corrected chi connectivity index (χ2v) is 6.19. The van der Waals surface area contributed by atoms with E-state index in [4.69, 9.17) is 0 Å². The minimum Gasteiger partial charge on any atom is -0.512 e. The van der Waals surface area contributed by atoms with Gasteiger partial charge in [0.1, 0.15) is 0 Å². The van der Waals surface area contributed by atoms with Gasteiger partial charge in [-0.1, -0.05) is 49.9 Å². The number of aliphatic hydroxyl groups excluding tert-OH is 1. The van der Waals surface area contributed by atoms with Crippen LogP contribution in [0.1, 0.15) is 45.2 Å². The van der Waals surface area contributed by atoms with E-state index in [1.54, 1.807) is 0 Å². The molecule has 1 N–H and O–H groups in total. The van der Waals surface area contributed by atoms with Crippen molar-refractivity contribution in [1.29, 1.82) is 0 Å². The molecule has 0 aliphatic rings. The van der Waals surface area contributed by atoms with Crippen molar-refractivity contribution in [3.05, 3.63) is 71.2 Å². The first-order chi connectivity index (χ1) is 10.3. The topological polar surface area (TPSA) is 32.6 Å². The number of aliphatic hydroxyl groups is 1. The molecule has 0 spiro atoms. The van der Waals surface area contributed by atoms with Crippen LogP contribution in [0.4, 0.5) is 0 Å². The second-order valence-electron chi connectivity index (χ2n) is 6.19. The molecule has 0 saturated heterocycles. The summed E-state index contributed by atoms with van der Waals surface area (Å²) in [6, 6.07) is 8.24. The molecule has 1 rings (SSSR count). The third-order valence-electron chi connectivity index (χ3n) is 3.40. The van der Waals surface area contributed by atoms with E-state index in [9.17, 15) is 5.11 Å². The number of benzene rings is 1. The van der Waals surface area contributed by atoms with Gasteiger partial charge in [-0.2, -0.15) is 0 Å². The molecule has 1 unspecified atom stereocenters. The maximum Gasteiger partial charge on any atom is 0.0940 e. The molecule has 0 aliphatic heterocycles. The van der Waals surface area contributed by atoms with Gasteiger partial charge in [0.25, 0.3) is 0 Å². The molecule has 2 heteroatoms. The molecular formula is C20H27NO. The summed E-state index contributed by atoms with van der Waals surface area (Å²) in [5.41, 5.74) is 5.11. The zero-order valence-corrected chi connectivity index (χ0v) is 14.2. The Morgan fingerprint density at radius 3 is 2.27 bits per heavy atom. The smallest absolute Gasteiger partial charge is 0.0940 e. The largest absolute Gasteiger partial charge is 0.512 e. The standard InChI is InChI=1S/C20H27NO/c1-14(2)11-17(6)21-13-19-9-7-18(8-10-19)12-16(5)20(22)15(3)4/h7-10,13,16,22H,1,6,11-12H2,2-5H3. The minimum absolute atomic E-state index is 0.139. The molecule has 22 heavy (non-hydrogen) atoms. The maximum absolute atomic E-state index is 9.97. The predicted molar refractivity (Wildman–Crippen MR) is 96.5 cm³/mol. The molecule has 1 aromatic rings. The summed E-state index contributed by atoms with van der Waals surface area (Å²) in [5, 5.41) is 9.97. The highest BCUT2D eigenvalue weighted by atomic mass is 16.3. The van der Waals surface area contributed by atoms with E-state index < -0.39 is 0 Å². The Morgan fingerprint density at radius 2 is 1.77 bits per heavy atom. The lowest BCUT2D eigenvalue weighted by molar-refractivity contribution is 0.333. The number of rotatable bonds is 7. The average Bonchev–Trinajstić information content (AvgIpc) is 2.44. The van der Waals surface area contributed by atoms with Crippen LogP contribution in [-0.2, 0) is 6.42 Å². The van der Waals surface area contributed by atoms with E-state index in [-0.39, 0.29) is 5.92 Å². The Hall–Kier alpha value is -2.09. The Bertz CT molecular complexity index is 587. The summed E-state index contributed by atoms with van der Waals surface area (Å²) in [4.78, 5) is 4.35. The Balaban J connectivity index is 2.67. The van der Waals surface area contributed by atoms with Crippen LogP contribution in [0.25, 0.3) is 0 Å². The van der Waals surface area contributed by atoms with Gasteiger partial charge < -0.3 is 5.11 Å². The zero-order valence-electron chi connectivity index (χ0n) is 14.2. The Kier molecular flexibility index (Phi) is 6.84. The molecule has 0 saturated carbocycles. The van der Waals surface area contributed by atoms with Crippen molar-refractivity contribution in [2.75, 3.05) is 0 Å². The van der Waals surface area contributed by atoms with Gasteiger partial charge in [0, 0.05) is 24.3 Å². The van der Waals surface area contributed by atoms with Gasteiger partial charge >= 0.3 is 0 Å². The molecule has 0 radical (unpaired) electrons. The highest BCUT2D eigenvalue weighted by Crippen LogP contribution is 2.18. The molecule has 0 aliphatic carbocycles. The van der Waals surface area contributed by atoms with E-state index >= 15 is 0 Å². The average molecular weight is 297 g/mol. The van der Waals surface area contributed by atoms with Gasteiger partial charge in [-0.3, -0.25) is 4.99 Å². The normalized spacial score (nSPS) is 12.2. The zero-order chi connectivity index (χ0) is 16.7. The number of nitrogens with zero attached hydrogens (tertiary/aromatic N) is 1. The molecule has 0 amide bonds. The van der Waals surface area contributed by atoms with Gasteiger partial charge in [0.15, 0.2) is 0 Å². The molecule has 0 bridgehead atoms. The van der Waals surface area contributed by atoms with Crippen LogP contribution in [0.3, 0.4) is 0 Å². The summed E-state index contributed by atoms with van der Waals surface area (Å²) in [7, 11) is 0.